The summed E-state index contributed by atoms with van der Waals surface area (Å²) in [4.78, 5) is 38.5. The molecule has 6 nitrogen and oxygen atoms in total. The van der Waals surface area contributed by atoms with Gasteiger partial charge in [0.1, 0.15) is 4.88 Å². The number of hydrogen-bond donors (Lipinski definition) is 0. The highest BCUT2D eigenvalue weighted by atomic mass is 35.5. The average Bonchev–Trinajstić information content (AvgIpc) is 2.88. The van der Waals surface area contributed by atoms with Crippen molar-refractivity contribution in [1.29, 1.82) is 0 Å². The zero-order valence-corrected chi connectivity index (χ0v) is 16.2. The number of nitrogens with zero attached hydrogens (tertiary/aromatic N) is 2. The van der Waals surface area contributed by atoms with Crippen molar-refractivity contribution in [3.63, 3.8) is 0 Å². The maximum absolute atomic E-state index is 12.2. The first kappa shape index (κ1) is 19.5. The average molecular weight is 403 g/mol. The van der Waals surface area contributed by atoms with Crippen molar-refractivity contribution in [1.82, 2.24) is 9.80 Å². The number of halogens is 2. The van der Waals surface area contributed by atoms with E-state index >= 15 is 0 Å². The van der Waals surface area contributed by atoms with Gasteiger partial charge in [0.05, 0.1) is 11.6 Å². The van der Waals surface area contributed by atoms with Crippen molar-refractivity contribution in [3.8, 4) is 0 Å². The van der Waals surface area contributed by atoms with Crippen LogP contribution in [0.3, 0.4) is 0 Å². The smallest absolute Gasteiger partial charge is 0.350 e. The van der Waals surface area contributed by atoms with Gasteiger partial charge >= 0.3 is 5.97 Å². The monoisotopic (exact) mass is 402 g/mol. The molecule has 0 bridgehead atoms. The van der Waals surface area contributed by atoms with Crippen molar-refractivity contribution in [2.45, 2.75) is 0 Å². The van der Waals surface area contributed by atoms with Gasteiger partial charge in [-0.15, -0.1) is 11.3 Å². The second-order valence-electron chi connectivity index (χ2n) is 5.50. The topological polar surface area (TPSA) is 66.9 Å². The maximum Gasteiger partial charge on any atom is 0.350 e. The fourth-order valence-corrected chi connectivity index (χ4v) is 3.58. The Hall–Kier alpha value is -1.83. The highest BCUT2D eigenvalue weighted by Gasteiger charge is 2.21. The molecule has 25 heavy (non-hydrogen) atoms. The van der Waals surface area contributed by atoms with Crippen LogP contribution >= 0.6 is 34.5 Å². The first-order chi connectivity index (χ1) is 11.7. The normalized spacial score (nSPS) is 10.6. The number of esters is 1. The Morgan fingerprint density at radius 1 is 1.12 bits per heavy atom. The number of ether oxygens (including phenoxy) is 1. The largest absolute Gasteiger partial charge is 0.451 e. The predicted molar refractivity (Wildman–Crippen MR) is 98.5 cm³/mol. The first-order valence-electron chi connectivity index (χ1n) is 7.19. The van der Waals surface area contributed by atoms with E-state index in [2.05, 4.69) is 0 Å². The molecule has 0 spiro atoms. The third-order valence-electron chi connectivity index (χ3n) is 3.40. The summed E-state index contributed by atoms with van der Waals surface area (Å²) in [5.74, 6) is -1.40. The summed E-state index contributed by atoms with van der Waals surface area (Å²) >= 11 is 13.3. The summed E-state index contributed by atoms with van der Waals surface area (Å²) in [6.07, 6.45) is 0. The molecule has 0 aliphatic carbocycles. The van der Waals surface area contributed by atoms with Gasteiger partial charge in [0.25, 0.3) is 5.91 Å². The Morgan fingerprint density at radius 3 is 2.44 bits per heavy atom. The lowest BCUT2D eigenvalue weighted by Crippen LogP contribution is -2.39. The van der Waals surface area contributed by atoms with E-state index in [1.165, 1.54) is 16.8 Å². The minimum atomic E-state index is -0.692. The Bertz CT molecular complexity index is 835. The van der Waals surface area contributed by atoms with Crippen LogP contribution in [0, 0.1) is 0 Å². The molecule has 1 heterocycles. The highest BCUT2D eigenvalue weighted by Crippen LogP contribution is 2.37. The van der Waals surface area contributed by atoms with Gasteiger partial charge in [-0.2, -0.15) is 0 Å². The van der Waals surface area contributed by atoms with Crippen LogP contribution in [-0.2, 0) is 14.3 Å². The third-order valence-corrected chi connectivity index (χ3v) is 5.27. The number of amides is 2. The number of hydrogen-bond acceptors (Lipinski definition) is 5. The molecule has 1 aromatic carbocycles. The number of likely N-dealkylation sites (N-methyl/N-ethyl adjacent to an activating group) is 2. The van der Waals surface area contributed by atoms with Gasteiger partial charge in [0.15, 0.2) is 6.61 Å². The van der Waals surface area contributed by atoms with Gasteiger partial charge < -0.3 is 14.5 Å². The van der Waals surface area contributed by atoms with Gasteiger partial charge in [-0.1, -0.05) is 29.3 Å². The quantitative estimate of drug-likeness (QED) is 0.721. The minimum absolute atomic E-state index is 0.0917. The highest BCUT2D eigenvalue weighted by molar-refractivity contribution is 7.21. The van der Waals surface area contributed by atoms with Crippen LogP contribution in [0.4, 0.5) is 0 Å². The standard InChI is InChI=1S/C16H16Cl2N2O4S/c1-19(2)12(21)7-20(3)13(22)8-24-16(23)15-14(18)10-5-4-9(17)6-11(10)25-15/h4-6H,7-8H2,1-3H3. The summed E-state index contributed by atoms with van der Waals surface area (Å²) in [7, 11) is 4.65. The van der Waals surface area contributed by atoms with Crippen molar-refractivity contribution in [3.05, 3.63) is 33.1 Å². The molecule has 134 valence electrons. The summed E-state index contributed by atoms with van der Waals surface area (Å²) in [5, 5.41) is 1.50. The predicted octanol–water partition coefficient (Wildman–Crippen LogP) is 2.91. The van der Waals surface area contributed by atoms with E-state index in [-0.39, 0.29) is 22.4 Å². The van der Waals surface area contributed by atoms with Crippen LogP contribution in [0.1, 0.15) is 9.67 Å². The van der Waals surface area contributed by atoms with E-state index in [0.717, 1.165) is 16.0 Å². The molecule has 0 radical (unpaired) electrons. The van der Waals surface area contributed by atoms with E-state index < -0.39 is 18.5 Å². The van der Waals surface area contributed by atoms with Gasteiger partial charge in [0, 0.05) is 36.3 Å². The fraction of sp³-hybridized carbons (Fsp3) is 0.312. The molecular weight excluding hydrogens is 387 g/mol. The SMILES string of the molecule is CN(C)C(=O)CN(C)C(=O)COC(=O)c1sc2cc(Cl)ccc2c1Cl. The van der Waals surface area contributed by atoms with Crippen LogP contribution in [0.5, 0.6) is 0 Å². The molecule has 0 atom stereocenters. The molecular formula is C16H16Cl2N2O4S. The zero-order chi connectivity index (χ0) is 18.7. The molecule has 0 unspecified atom stereocenters. The molecule has 0 fully saturated rings. The second kappa shape index (κ2) is 8.03. The summed E-state index contributed by atoms with van der Waals surface area (Å²) < 4.78 is 5.79. The number of carbonyl (C=O) groups is 3. The number of rotatable bonds is 5. The van der Waals surface area contributed by atoms with Crippen LogP contribution < -0.4 is 0 Å². The van der Waals surface area contributed by atoms with E-state index in [1.54, 1.807) is 32.3 Å². The maximum atomic E-state index is 12.2. The van der Waals surface area contributed by atoms with Crippen molar-refractivity contribution in [2.75, 3.05) is 34.3 Å². The Kier molecular flexibility index (Phi) is 6.26. The molecule has 9 heteroatoms. The molecule has 1 aromatic heterocycles. The van der Waals surface area contributed by atoms with Gasteiger partial charge in [-0.25, -0.2) is 4.79 Å². The number of benzene rings is 1. The zero-order valence-electron chi connectivity index (χ0n) is 13.8. The molecule has 2 rings (SSSR count). The Labute approximate surface area is 158 Å². The molecule has 0 aliphatic rings. The molecule has 0 saturated heterocycles. The Balaban J connectivity index is 2.02. The van der Waals surface area contributed by atoms with Crippen molar-refractivity contribution < 1.29 is 19.1 Å². The number of thiophene rings is 1. The van der Waals surface area contributed by atoms with Crippen LogP contribution in [0.25, 0.3) is 10.1 Å². The lowest BCUT2D eigenvalue weighted by Gasteiger charge is -2.19. The van der Waals surface area contributed by atoms with E-state index in [4.69, 9.17) is 27.9 Å². The van der Waals surface area contributed by atoms with Crippen molar-refractivity contribution in [2.24, 2.45) is 0 Å². The first-order valence-corrected chi connectivity index (χ1v) is 8.76. The summed E-state index contributed by atoms with van der Waals surface area (Å²) in [6.45, 7) is -0.563. The van der Waals surface area contributed by atoms with Crippen LogP contribution in [0.2, 0.25) is 10.0 Å². The van der Waals surface area contributed by atoms with Gasteiger partial charge in [-0.3, -0.25) is 9.59 Å². The Morgan fingerprint density at radius 2 is 1.80 bits per heavy atom. The molecule has 2 amide bonds. The van der Waals surface area contributed by atoms with Gasteiger partial charge in [0.2, 0.25) is 5.91 Å². The van der Waals surface area contributed by atoms with E-state index in [9.17, 15) is 14.4 Å². The second-order valence-corrected chi connectivity index (χ2v) is 7.37. The number of carbonyl (C=O) groups excluding carboxylic acids is 3. The molecule has 0 N–H and O–H groups in total. The fourth-order valence-electron chi connectivity index (χ4n) is 1.91. The third kappa shape index (κ3) is 4.62. The lowest BCUT2D eigenvalue weighted by atomic mass is 10.2. The van der Waals surface area contributed by atoms with Crippen molar-refractivity contribution >= 4 is 62.4 Å². The molecule has 0 aliphatic heterocycles. The lowest BCUT2D eigenvalue weighted by molar-refractivity contribution is -0.139. The van der Waals surface area contributed by atoms with Crippen LogP contribution in [-0.4, -0.2) is 61.9 Å². The number of fused-ring (bicyclic) bond motifs is 1. The minimum Gasteiger partial charge on any atom is -0.451 e. The summed E-state index contributed by atoms with van der Waals surface area (Å²) in [5.41, 5.74) is 0. The van der Waals surface area contributed by atoms with E-state index in [0.29, 0.717) is 10.4 Å². The molecule has 0 saturated carbocycles. The summed E-state index contributed by atoms with van der Waals surface area (Å²) in [6, 6.07) is 5.10. The van der Waals surface area contributed by atoms with E-state index in [1.807, 2.05) is 0 Å². The molecule has 2 aromatic rings. The van der Waals surface area contributed by atoms with Crippen LogP contribution in [0.15, 0.2) is 18.2 Å². The van der Waals surface area contributed by atoms with Gasteiger partial charge in [-0.05, 0) is 12.1 Å².